The summed E-state index contributed by atoms with van der Waals surface area (Å²) in [6, 6.07) is -0.326. The zero-order chi connectivity index (χ0) is 23.3. The highest BCUT2D eigenvalue weighted by Crippen LogP contribution is 2.42. The van der Waals surface area contributed by atoms with Gasteiger partial charge in [-0.3, -0.25) is 19.2 Å². The van der Waals surface area contributed by atoms with Crippen molar-refractivity contribution >= 4 is 11.8 Å². The Morgan fingerprint density at radius 2 is 2.06 bits per heavy atom. The number of ether oxygens (including phenoxy) is 2. The Balaban J connectivity index is 1.69. The van der Waals surface area contributed by atoms with Gasteiger partial charge < -0.3 is 19.7 Å². The van der Waals surface area contributed by atoms with Crippen LogP contribution in [0, 0.1) is 11.8 Å². The van der Waals surface area contributed by atoms with Crippen molar-refractivity contribution < 1.29 is 19.1 Å². The molecule has 0 spiro atoms. The zero-order valence-electron chi connectivity index (χ0n) is 20.2. The van der Waals surface area contributed by atoms with Crippen molar-refractivity contribution in [2.24, 2.45) is 11.8 Å². The molecule has 180 valence electrons. The topological polar surface area (TPSA) is 88.9 Å². The second-order valence-electron chi connectivity index (χ2n) is 9.98. The third-order valence-electron chi connectivity index (χ3n) is 6.20. The lowest BCUT2D eigenvalue weighted by Gasteiger charge is -2.38. The van der Waals surface area contributed by atoms with Crippen LogP contribution >= 0.6 is 0 Å². The molecule has 2 fully saturated rings. The largest absolute Gasteiger partial charge is 0.383 e. The van der Waals surface area contributed by atoms with E-state index in [0.717, 1.165) is 38.4 Å². The van der Waals surface area contributed by atoms with Gasteiger partial charge in [0.05, 0.1) is 44.5 Å². The van der Waals surface area contributed by atoms with Gasteiger partial charge in [0.15, 0.2) is 0 Å². The Morgan fingerprint density at radius 1 is 1.34 bits per heavy atom. The number of nitrogens with zero attached hydrogens (tertiary/aromatic N) is 4. The Kier molecular flexibility index (Phi) is 8.30. The predicted octanol–water partition coefficient (Wildman–Crippen LogP) is 1.30. The average Bonchev–Trinajstić information content (AvgIpc) is 3.35. The SMILES string of the molecule is COCCn1cc([C@@H]2[C@H](C(=O)NC[C@H](C)CN3CCOCC3)CC(=O)N2C(C)(C)C)cn1. The minimum Gasteiger partial charge on any atom is -0.383 e. The Labute approximate surface area is 191 Å². The number of methoxy groups -OCH3 is 1. The van der Waals surface area contributed by atoms with Crippen LogP contribution < -0.4 is 5.32 Å². The van der Waals surface area contributed by atoms with Crippen molar-refractivity contribution in [1.82, 2.24) is 24.9 Å². The zero-order valence-corrected chi connectivity index (χ0v) is 20.2. The molecule has 3 rings (SSSR count). The third kappa shape index (κ3) is 6.08. The molecule has 0 radical (unpaired) electrons. The van der Waals surface area contributed by atoms with Gasteiger partial charge in [0, 0.05) is 57.0 Å². The van der Waals surface area contributed by atoms with E-state index in [1.165, 1.54) is 0 Å². The molecule has 9 nitrogen and oxygen atoms in total. The van der Waals surface area contributed by atoms with E-state index in [2.05, 4.69) is 22.2 Å². The van der Waals surface area contributed by atoms with Gasteiger partial charge >= 0.3 is 0 Å². The lowest BCUT2D eigenvalue weighted by Crippen LogP contribution is -2.46. The van der Waals surface area contributed by atoms with Crippen LogP contribution in [0.1, 0.15) is 45.7 Å². The van der Waals surface area contributed by atoms with Gasteiger partial charge in [0.1, 0.15) is 0 Å². The molecular formula is C23H39N5O4. The summed E-state index contributed by atoms with van der Waals surface area (Å²) in [5, 5.41) is 7.55. The van der Waals surface area contributed by atoms with Crippen molar-refractivity contribution in [3.63, 3.8) is 0 Å². The summed E-state index contributed by atoms with van der Waals surface area (Å²) < 4.78 is 12.4. The standard InChI is InChI=1S/C23H39N5O4/c1-17(15-26-6-10-32-11-7-26)13-24-22(30)19-12-20(29)28(23(2,3)4)21(19)18-14-25-27(16-18)8-9-31-5/h14,16-17,19,21H,6-13,15H2,1-5H3,(H,24,30)/t17-,19+,21+/m0/s1. The van der Waals surface area contributed by atoms with Gasteiger partial charge in [-0.05, 0) is 26.7 Å². The molecule has 2 aliphatic heterocycles. The average molecular weight is 450 g/mol. The summed E-state index contributed by atoms with van der Waals surface area (Å²) in [4.78, 5) is 30.5. The molecule has 2 saturated heterocycles. The van der Waals surface area contributed by atoms with Gasteiger partial charge in [-0.1, -0.05) is 6.92 Å². The minimum atomic E-state index is -0.433. The van der Waals surface area contributed by atoms with E-state index in [4.69, 9.17) is 9.47 Å². The molecule has 1 aromatic rings. The molecule has 2 aliphatic rings. The fourth-order valence-corrected chi connectivity index (χ4v) is 4.68. The smallest absolute Gasteiger partial charge is 0.226 e. The Bertz CT molecular complexity index is 769. The monoisotopic (exact) mass is 449 g/mol. The predicted molar refractivity (Wildman–Crippen MR) is 121 cm³/mol. The van der Waals surface area contributed by atoms with Crippen molar-refractivity contribution in [1.29, 1.82) is 0 Å². The van der Waals surface area contributed by atoms with Crippen LogP contribution in [0.15, 0.2) is 12.4 Å². The normalized spacial score (nSPS) is 23.5. The van der Waals surface area contributed by atoms with Crippen LogP contribution in [0.2, 0.25) is 0 Å². The highest BCUT2D eigenvalue weighted by Gasteiger charge is 2.48. The van der Waals surface area contributed by atoms with E-state index >= 15 is 0 Å². The molecule has 2 amide bonds. The van der Waals surface area contributed by atoms with Gasteiger partial charge in [-0.2, -0.15) is 5.10 Å². The molecule has 3 atom stereocenters. The number of hydrogen-bond acceptors (Lipinski definition) is 6. The maximum atomic E-state index is 13.3. The second kappa shape index (κ2) is 10.8. The second-order valence-corrected chi connectivity index (χ2v) is 9.98. The molecule has 1 aromatic heterocycles. The lowest BCUT2D eigenvalue weighted by atomic mass is 9.92. The van der Waals surface area contributed by atoms with E-state index in [0.29, 0.717) is 25.6 Å². The van der Waals surface area contributed by atoms with Crippen LogP contribution in [0.3, 0.4) is 0 Å². The number of likely N-dealkylation sites (tertiary alicyclic amines) is 1. The van der Waals surface area contributed by atoms with Crippen LogP contribution in [0.25, 0.3) is 0 Å². The number of hydrogen-bond donors (Lipinski definition) is 1. The van der Waals surface area contributed by atoms with Gasteiger partial charge in [0.25, 0.3) is 0 Å². The fourth-order valence-electron chi connectivity index (χ4n) is 4.68. The Hall–Kier alpha value is -1.97. The van der Waals surface area contributed by atoms with E-state index < -0.39 is 11.5 Å². The van der Waals surface area contributed by atoms with Crippen LogP contribution in [0.4, 0.5) is 0 Å². The lowest BCUT2D eigenvalue weighted by molar-refractivity contribution is -0.133. The summed E-state index contributed by atoms with van der Waals surface area (Å²) in [6.07, 6.45) is 3.93. The number of carbonyl (C=O) groups is 2. The summed E-state index contributed by atoms with van der Waals surface area (Å²) in [5.74, 6) is -0.164. The first-order chi connectivity index (χ1) is 15.2. The molecule has 0 unspecified atom stereocenters. The molecule has 0 aromatic carbocycles. The van der Waals surface area contributed by atoms with E-state index in [1.54, 1.807) is 13.3 Å². The van der Waals surface area contributed by atoms with Crippen molar-refractivity contribution in [3.8, 4) is 0 Å². The Morgan fingerprint density at radius 3 is 2.72 bits per heavy atom. The summed E-state index contributed by atoms with van der Waals surface area (Å²) in [7, 11) is 1.65. The fraction of sp³-hybridized carbons (Fsp3) is 0.783. The number of rotatable bonds is 9. The molecular weight excluding hydrogens is 410 g/mol. The minimum absolute atomic E-state index is 0.00802. The molecule has 3 heterocycles. The van der Waals surface area contributed by atoms with E-state index in [9.17, 15) is 9.59 Å². The highest BCUT2D eigenvalue weighted by molar-refractivity contribution is 5.90. The molecule has 9 heteroatoms. The first-order valence-electron chi connectivity index (χ1n) is 11.6. The van der Waals surface area contributed by atoms with Crippen molar-refractivity contribution in [2.45, 2.75) is 52.2 Å². The molecule has 1 N–H and O–H groups in total. The summed E-state index contributed by atoms with van der Waals surface area (Å²) >= 11 is 0. The van der Waals surface area contributed by atoms with Crippen LogP contribution in [-0.2, 0) is 25.6 Å². The summed E-state index contributed by atoms with van der Waals surface area (Å²) in [5.41, 5.74) is 0.498. The number of carbonyl (C=O) groups excluding carboxylic acids is 2. The summed E-state index contributed by atoms with van der Waals surface area (Å²) in [6.45, 7) is 14.3. The molecule has 32 heavy (non-hydrogen) atoms. The van der Waals surface area contributed by atoms with Gasteiger partial charge in [0.2, 0.25) is 11.8 Å². The molecule has 0 saturated carbocycles. The third-order valence-corrected chi connectivity index (χ3v) is 6.20. The first kappa shape index (κ1) is 24.7. The van der Waals surface area contributed by atoms with Gasteiger partial charge in [-0.15, -0.1) is 0 Å². The molecule has 0 bridgehead atoms. The van der Waals surface area contributed by atoms with Crippen LogP contribution in [-0.4, -0.2) is 90.0 Å². The number of amides is 2. The molecule has 0 aliphatic carbocycles. The quantitative estimate of drug-likeness (QED) is 0.611. The number of aromatic nitrogens is 2. The maximum absolute atomic E-state index is 13.3. The van der Waals surface area contributed by atoms with Crippen molar-refractivity contribution in [3.05, 3.63) is 18.0 Å². The van der Waals surface area contributed by atoms with E-state index in [-0.39, 0.29) is 24.3 Å². The maximum Gasteiger partial charge on any atom is 0.226 e. The first-order valence-corrected chi connectivity index (χ1v) is 11.6. The number of morpholine rings is 1. The van der Waals surface area contributed by atoms with E-state index in [1.807, 2.05) is 36.5 Å². The van der Waals surface area contributed by atoms with Crippen molar-refractivity contribution in [2.75, 3.05) is 53.1 Å². The number of nitrogens with one attached hydrogen (secondary N) is 1. The van der Waals surface area contributed by atoms with Crippen LogP contribution in [0.5, 0.6) is 0 Å². The highest BCUT2D eigenvalue weighted by atomic mass is 16.5. The van der Waals surface area contributed by atoms with Gasteiger partial charge in [-0.25, -0.2) is 0 Å².